The Morgan fingerprint density at radius 2 is 1.65 bits per heavy atom. The van der Waals surface area contributed by atoms with Crippen LogP contribution < -0.4 is 5.32 Å². The van der Waals surface area contributed by atoms with Crippen LogP contribution in [0.25, 0.3) is 0 Å². The van der Waals surface area contributed by atoms with E-state index in [0.717, 1.165) is 5.56 Å². The van der Waals surface area contributed by atoms with Crippen molar-refractivity contribution >= 4 is 17.7 Å². The van der Waals surface area contributed by atoms with Crippen molar-refractivity contribution in [1.82, 2.24) is 0 Å². The Morgan fingerprint density at radius 3 is 2.26 bits per heavy atom. The Morgan fingerprint density at radius 1 is 1.00 bits per heavy atom. The summed E-state index contributed by atoms with van der Waals surface area (Å²) in [5, 5.41) is 20.5. The number of rotatable bonds is 6. The largest absolute Gasteiger partial charge is 0.479 e. The van der Waals surface area contributed by atoms with E-state index in [1.165, 1.54) is 0 Å². The lowest BCUT2D eigenvalue weighted by atomic mass is 10.1. The number of nitrogens with one attached hydrogen (secondary N) is 1. The zero-order chi connectivity index (χ0) is 16.7. The smallest absolute Gasteiger partial charge is 0.411 e. The summed E-state index contributed by atoms with van der Waals surface area (Å²) >= 11 is 0. The lowest BCUT2D eigenvalue weighted by Gasteiger charge is -2.09. The molecule has 0 saturated heterocycles. The van der Waals surface area contributed by atoms with Gasteiger partial charge in [-0.25, -0.2) is 9.59 Å². The van der Waals surface area contributed by atoms with Gasteiger partial charge >= 0.3 is 12.1 Å². The number of carboxylic acids is 1. The molecule has 0 aliphatic rings. The topological polar surface area (TPSA) is 95.9 Å². The molecular weight excluding hydrogens is 298 g/mol. The molecule has 6 heteroatoms. The average molecular weight is 315 g/mol. The van der Waals surface area contributed by atoms with E-state index in [1.54, 1.807) is 24.3 Å². The summed E-state index contributed by atoms with van der Waals surface area (Å²) in [5.74, 6) is -1.27. The Kier molecular flexibility index (Phi) is 5.71. The van der Waals surface area contributed by atoms with Gasteiger partial charge < -0.3 is 14.9 Å². The van der Waals surface area contributed by atoms with Crippen LogP contribution in [0.4, 0.5) is 10.5 Å². The molecule has 6 nitrogen and oxygen atoms in total. The fourth-order valence-corrected chi connectivity index (χ4v) is 1.91. The number of anilines is 1. The van der Waals surface area contributed by atoms with Crippen LogP contribution in [0.15, 0.2) is 54.6 Å². The van der Waals surface area contributed by atoms with Crippen molar-refractivity contribution in [3.63, 3.8) is 0 Å². The number of carbonyl (C=O) groups is 2. The number of benzene rings is 2. The van der Waals surface area contributed by atoms with Crippen LogP contribution in [0.5, 0.6) is 0 Å². The van der Waals surface area contributed by atoms with Crippen molar-refractivity contribution in [2.75, 3.05) is 5.32 Å². The van der Waals surface area contributed by atoms with E-state index in [0.29, 0.717) is 11.3 Å². The normalized spacial score (nSPS) is 11.5. The number of aliphatic carboxylic acids is 1. The van der Waals surface area contributed by atoms with Crippen LogP contribution in [0.1, 0.15) is 11.1 Å². The Bertz CT molecular complexity index is 654. The van der Waals surface area contributed by atoms with E-state index in [9.17, 15) is 14.7 Å². The van der Waals surface area contributed by atoms with Crippen LogP contribution in [-0.2, 0) is 22.6 Å². The summed E-state index contributed by atoms with van der Waals surface area (Å²) in [7, 11) is 0. The third-order valence-electron chi connectivity index (χ3n) is 3.13. The van der Waals surface area contributed by atoms with Gasteiger partial charge in [-0.2, -0.15) is 0 Å². The van der Waals surface area contributed by atoms with Crippen LogP contribution in [0.3, 0.4) is 0 Å². The molecule has 0 aliphatic heterocycles. The third kappa shape index (κ3) is 5.44. The fraction of sp³-hybridized carbons (Fsp3) is 0.176. The maximum atomic E-state index is 11.7. The number of carbonyl (C=O) groups excluding carboxylic acids is 1. The van der Waals surface area contributed by atoms with Crippen molar-refractivity contribution in [3.05, 3.63) is 65.7 Å². The molecule has 2 rings (SSSR count). The van der Waals surface area contributed by atoms with Gasteiger partial charge in [-0.05, 0) is 23.3 Å². The van der Waals surface area contributed by atoms with Crippen LogP contribution in [-0.4, -0.2) is 28.4 Å². The molecule has 1 atom stereocenters. The predicted molar refractivity (Wildman–Crippen MR) is 84.0 cm³/mol. The first kappa shape index (κ1) is 16.5. The molecule has 0 bridgehead atoms. The SMILES string of the molecule is O=C(Nc1ccc(CC(O)C(=O)O)cc1)OCc1ccccc1. The van der Waals surface area contributed by atoms with Gasteiger partial charge in [0.1, 0.15) is 6.61 Å². The van der Waals surface area contributed by atoms with Gasteiger partial charge in [0.2, 0.25) is 0 Å². The third-order valence-corrected chi connectivity index (χ3v) is 3.13. The molecule has 0 heterocycles. The highest BCUT2D eigenvalue weighted by Gasteiger charge is 2.13. The number of aliphatic hydroxyl groups excluding tert-OH is 1. The molecule has 2 aromatic carbocycles. The summed E-state index contributed by atoms with van der Waals surface area (Å²) in [5.41, 5.74) is 2.07. The summed E-state index contributed by atoms with van der Waals surface area (Å²) in [6.45, 7) is 0.176. The predicted octanol–water partition coefficient (Wildman–Crippen LogP) is 2.42. The van der Waals surface area contributed by atoms with Crippen LogP contribution in [0.2, 0.25) is 0 Å². The number of amides is 1. The van der Waals surface area contributed by atoms with Crippen LogP contribution >= 0.6 is 0 Å². The second-order valence-corrected chi connectivity index (χ2v) is 4.94. The van der Waals surface area contributed by atoms with Crippen molar-refractivity contribution in [3.8, 4) is 0 Å². The molecule has 0 saturated carbocycles. The van der Waals surface area contributed by atoms with E-state index in [-0.39, 0.29) is 13.0 Å². The number of carboxylic acid groups (broad SMARTS) is 1. The highest BCUT2D eigenvalue weighted by atomic mass is 16.5. The summed E-state index contributed by atoms with van der Waals surface area (Å²) < 4.78 is 5.09. The second kappa shape index (κ2) is 7.95. The highest BCUT2D eigenvalue weighted by molar-refractivity contribution is 5.84. The molecule has 0 aliphatic carbocycles. The number of ether oxygens (including phenoxy) is 1. The van der Waals surface area contributed by atoms with Gasteiger partial charge in [-0.3, -0.25) is 5.32 Å². The maximum Gasteiger partial charge on any atom is 0.411 e. The highest BCUT2D eigenvalue weighted by Crippen LogP contribution is 2.12. The van der Waals surface area contributed by atoms with Gasteiger partial charge in [0.05, 0.1) is 0 Å². The minimum absolute atomic E-state index is 0.00800. The lowest BCUT2D eigenvalue weighted by Crippen LogP contribution is -2.21. The molecule has 0 spiro atoms. The van der Waals surface area contributed by atoms with E-state index in [4.69, 9.17) is 9.84 Å². The second-order valence-electron chi connectivity index (χ2n) is 4.94. The average Bonchev–Trinajstić information content (AvgIpc) is 2.55. The first-order valence-corrected chi connectivity index (χ1v) is 7.02. The molecule has 0 radical (unpaired) electrons. The maximum absolute atomic E-state index is 11.7. The van der Waals surface area contributed by atoms with Crippen molar-refractivity contribution < 1.29 is 24.5 Å². The van der Waals surface area contributed by atoms with Crippen LogP contribution in [0, 0.1) is 0 Å². The zero-order valence-electron chi connectivity index (χ0n) is 12.3. The van der Waals surface area contributed by atoms with Gasteiger partial charge in [0, 0.05) is 12.1 Å². The summed E-state index contributed by atoms with van der Waals surface area (Å²) in [4.78, 5) is 22.3. The van der Waals surface area contributed by atoms with Gasteiger partial charge in [-0.1, -0.05) is 42.5 Å². The number of hydrogen-bond donors (Lipinski definition) is 3. The molecule has 1 unspecified atom stereocenters. The van der Waals surface area contributed by atoms with Gasteiger partial charge in [-0.15, -0.1) is 0 Å². The molecule has 1 amide bonds. The monoisotopic (exact) mass is 315 g/mol. The molecule has 120 valence electrons. The molecule has 23 heavy (non-hydrogen) atoms. The Balaban J connectivity index is 1.83. The molecule has 3 N–H and O–H groups in total. The summed E-state index contributed by atoms with van der Waals surface area (Å²) in [6, 6.07) is 15.8. The molecule has 0 fully saturated rings. The number of hydrogen-bond acceptors (Lipinski definition) is 4. The van der Waals surface area contributed by atoms with Crippen molar-refractivity contribution in [2.24, 2.45) is 0 Å². The Labute approximate surface area is 133 Å². The van der Waals surface area contributed by atoms with Crippen molar-refractivity contribution in [2.45, 2.75) is 19.1 Å². The zero-order valence-corrected chi connectivity index (χ0v) is 12.3. The summed E-state index contributed by atoms with van der Waals surface area (Å²) in [6.07, 6.45) is -2.01. The molecule has 2 aromatic rings. The number of aliphatic hydroxyl groups is 1. The van der Waals surface area contributed by atoms with Crippen molar-refractivity contribution in [1.29, 1.82) is 0 Å². The lowest BCUT2D eigenvalue weighted by molar-refractivity contribution is -0.146. The fourth-order valence-electron chi connectivity index (χ4n) is 1.91. The van der Waals surface area contributed by atoms with Gasteiger partial charge in [0.15, 0.2) is 6.10 Å². The first-order chi connectivity index (χ1) is 11.0. The van der Waals surface area contributed by atoms with E-state index < -0.39 is 18.2 Å². The van der Waals surface area contributed by atoms with E-state index in [2.05, 4.69) is 5.32 Å². The molecule has 0 aromatic heterocycles. The minimum atomic E-state index is -1.44. The molecular formula is C17H17NO5. The van der Waals surface area contributed by atoms with E-state index >= 15 is 0 Å². The standard InChI is InChI=1S/C17H17NO5/c19-15(16(20)21)10-12-6-8-14(9-7-12)18-17(22)23-11-13-4-2-1-3-5-13/h1-9,15,19H,10-11H2,(H,18,22)(H,20,21). The van der Waals surface area contributed by atoms with E-state index in [1.807, 2.05) is 30.3 Å². The minimum Gasteiger partial charge on any atom is -0.479 e. The van der Waals surface area contributed by atoms with Gasteiger partial charge in [0.25, 0.3) is 0 Å². The quantitative estimate of drug-likeness (QED) is 0.761. The Hall–Kier alpha value is -2.86. The first-order valence-electron chi connectivity index (χ1n) is 7.02.